The zero-order chi connectivity index (χ0) is 13.8. The minimum absolute atomic E-state index is 0.294. The van der Waals surface area contributed by atoms with Crippen LogP contribution >= 0.6 is 0 Å². The Morgan fingerprint density at radius 1 is 0.947 bits per heavy atom. The fourth-order valence-electron chi connectivity index (χ4n) is 3.12. The van der Waals surface area contributed by atoms with E-state index in [2.05, 4.69) is 18.2 Å². The summed E-state index contributed by atoms with van der Waals surface area (Å²) in [5.74, 6) is 2.93. The molecule has 1 atom stereocenters. The molecule has 0 radical (unpaired) electrons. The molecule has 1 saturated carbocycles. The van der Waals surface area contributed by atoms with Crippen LogP contribution in [0.2, 0.25) is 0 Å². The second-order valence-corrected chi connectivity index (χ2v) is 6.13. The third-order valence-electron chi connectivity index (χ3n) is 4.32. The molecule has 0 bridgehead atoms. The van der Waals surface area contributed by atoms with Gasteiger partial charge in [0.15, 0.2) is 0 Å². The van der Waals surface area contributed by atoms with Crippen molar-refractivity contribution in [2.24, 2.45) is 0 Å². The van der Waals surface area contributed by atoms with Gasteiger partial charge in [0.2, 0.25) is 0 Å². The average Bonchev–Trinajstić information content (AvgIpc) is 2.41. The van der Waals surface area contributed by atoms with Gasteiger partial charge in [-0.3, -0.25) is 0 Å². The molecule has 1 aliphatic rings. The Kier molecular flexibility index (Phi) is 9.91. The number of rotatable bonds is 4. The summed E-state index contributed by atoms with van der Waals surface area (Å²) in [5, 5.41) is 3.72. The van der Waals surface area contributed by atoms with Crippen LogP contribution in [0.5, 0.6) is 0 Å². The summed E-state index contributed by atoms with van der Waals surface area (Å²) in [5.41, 5.74) is 0. The Hall–Kier alpha value is -0.480. The van der Waals surface area contributed by atoms with Gasteiger partial charge in [0, 0.05) is 6.04 Å². The first kappa shape index (κ1) is 16.6. The molecule has 0 aromatic carbocycles. The number of nitrogens with one attached hydrogen (secondary N) is 1. The van der Waals surface area contributed by atoms with Crippen LogP contribution in [0.25, 0.3) is 0 Å². The Morgan fingerprint density at radius 2 is 1.42 bits per heavy atom. The summed E-state index contributed by atoms with van der Waals surface area (Å²) in [6, 6.07) is 0.954. The van der Waals surface area contributed by atoms with Crippen molar-refractivity contribution < 1.29 is 0 Å². The number of hydrogen-bond acceptors (Lipinski definition) is 1. The summed E-state index contributed by atoms with van der Waals surface area (Å²) < 4.78 is 0. The second kappa shape index (κ2) is 11.4. The molecule has 0 aromatic heterocycles. The van der Waals surface area contributed by atoms with Crippen LogP contribution in [0, 0.1) is 12.3 Å². The number of hydrogen-bond donors (Lipinski definition) is 1. The fraction of sp³-hybridized carbons (Fsp3) is 0.889. The minimum atomic E-state index is 0.294. The maximum atomic E-state index is 5.63. The minimum Gasteiger partial charge on any atom is -0.301 e. The predicted molar refractivity (Wildman–Crippen MR) is 85.2 cm³/mol. The van der Waals surface area contributed by atoms with Crippen molar-refractivity contribution in [3.63, 3.8) is 0 Å². The standard InChI is InChI=1S/C18H33N/c1-3-14-17(4-2)19-18-15-12-10-8-6-5-7-9-11-13-16-18/h2,17-19H,3,5-16H2,1H3. The van der Waals surface area contributed by atoms with Crippen molar-refractivity contribution in [1.29, 1.82) is 0 Å². The van der Waals surface area contributed by atoms with E-state index < -0.39 is 0 Å². The van der Waals surface area contributed by atoms with E-state index in [9.17, 15) is 0 Å². The SMILES string of the molecule is C#CC(CCC)NC1CCCCCCCCCCC1. The van der Waals surface area contributed by atoms with E-state index in [-0.39, 0.29) is 0 Å². The zero-order valence-corrected chi connectivity index (χ0v) is 12.9. The number of terminal acetylenes is 1. The summed E-state index contributed by atoms with van der Waals surface area (Å²) in [7, 11) is 0. The Bertz CT molecular complexity index is 229. The van der Waals surface area contributed by atoms with Crippen LogP contribution in [0.15, 0.2) is 0 Å². The molecule has 1 unspecified atom stereocenters. The van der Waals surface area contributed by atoms with Gasteiger partial charge in [-0.25, -0.2) is 0 Å². The molecule has 1 rings (SSSR count). The molecule has 1 N–H and O–H groups in total. The van der Waals surface area contributed by atoms with Crippen LogP contribution in [0.1, 0.15) is 90.4 Å². The molecule has 0 spiro atoms. The second-order valence-electron chi connectivity index (χ2n) is 6.13. The first-order valence-corrected chi connectivity index (χ1v) is 8.59. The highest BCUT2D eigenvalue weighted by molar-refractivity contribution is 4.99. The topological polar surface area (TPSA) is 12.0 Å². The van der Waals surface area contributed by atoms with Gasteiger partial charge in [0.05, 0.1) is 6.04 Å². The van der Waals surface area contributed by atoms with E-state index >= 15 is 0 Å². The molecule has 0 aliphatic heterocycles. The van der Waals surface area contributed by atoms with Crippen LogP contribution < -0.4 is 5.32 Å². The summed E-state index contributed by atoms with van der Waals surface area (Å²) in [4.78, 5) is 0. The van der Waals surface area contributed by atoms with Crippen LogP contribution in [0.4, 0.5) is 0 Å². The molecule has 1 aliphatic carbocycles. The predicted octanol–water partition coefficient (Wildman–Crippen LogP) is 5.05. The van der Waals surface area contributed by atoms with Gasteiger partial charge < -0.3 is 5.32 Å². The van der Waals surface area contributed by atoms with Crippen molar-refractivity contribution in [1.82, 2.24) is 5.32 Å². The fourth-order valence-corrected chi connectivity index (χ4v) is 3.12. The normalized spacial score (nSPS) is 21.9. The molecule has 1 heteroatoms. The Morgan fingerprint density at radius 3 is 1.84 bits per heavy atom. The average molecular weight is 263 g/mol. The van der Waals surface area contributed by atoms with Crippen molar-refractivity contribution in [2.75, 3.05) is 0 Å². The third kappa shape index (κ3) is 8.32. The van der Waals surface area contributed by atoms with Gasteiger partial charge in [-0.15, -0.1) is 6.42 Å². The Labute approximate surface area is 120 Å². The maximum Gasteiger partial charge on any atom is 0.0688 e. The van der Waals surface area contributed by atoms with Crippen molar-refractivity contribution >= 4 is 0 Å². The van der Waals surface area contributed by atoms with Gasteiger partial charge in [-0.05, 0) is 19.3 Å². The van der Waals surface area contributed by atoms with E-state index in [4.69, 9.17) is 6.42 Å². The lowest BCUT2D eigenvalue weighted by molar-refractivity contribution is 0.379. The molecular formula is C18H33N. The molecule has 0 amide bonds. The van der Waals surface area contributed by atoms with E-state index in [0.29, 0.717) is 12.1 Å². The van der Waals surface area contributed by atoms with Crippen LogP contribution in [-0.2, 0) is 0 Å². The lowest BCUT2D eigenvalue weighted by Crippen LogP contribution is -2.37. The first-order valence-electron chi connectivity index (χ1n) is 8.59. The zero-order valence-electron chi connectivity index (χ0n) is 12.9. The van der Waals surface area contributed by atoms with Gasteiger partial charge in [-0.2, -0.15) is 0 Å². The molecule has 0 heterocycles. The van der Waals surface area contributed by atoms with E-state index in [1.165, 1.54) is 77.0 Å². The molecule has 1 nitrogen and oxygen atoms in total. The molecule has 1 fully saturated rings. The molecule has 0 saturated heterocycles. The van der Waals surface area contributed by atoms with Crippen molar-refractivity contribution in [3.8, 4) is 12.3 Å². The molecular weight excluding hydrogens is 230 g/mol. The van der Waals surface area contributed by atoms with Gasteiger partial charge in [0.25, 0.3) is 0 Å². The quantitative estimate of drug-likeness (QED) is 0.700. The van der Waals surface area contributed by atoms with Crippen LogP contribution in [0.3, 0.4) is 0 Å². The molecule has 110 valence electrons. The van der Waals surface area contributed by atoms with E-state index in [1.807, 2.05) is 0 Å². The van der Waals surface area contributed by atoms with E-state index in [1.54, 1.807) is 0 Å². The highest BCUT2D eigenvalue weighted by atomic mass is 14.9. The van der Waals surface area contributed by atoms with Gasteiger partial charge in [0.1, 0.15) is 0 Å². The highest BCUT2D eigenvalue weighted by Gasteiger charge is 2.13. The summed E-state index contributed by atoms with van der Waals surface area (Å²) >= 11 is 0. The van der Waals surface area contributed by atoms with Gasteiger partial charge >= 0.3 is 0 Å². The molecule has 19 heavy (non-hydrogen) atoms. The smallest absolute Gasteiger partial charge is 0.0688 e. The first-order chi connectivity index (χ1) is 9.36. The van der Waals surface area contributed by atoms with Crippen molar-refractivity contribution in [3.05, 3.63) is 0 Å². The molecule has 0 aromatic rings. The largest absolute Gasteiger partial charge is 0.301 e. The Balaban J connectivity index is 2.35. The lowest BCUT2D eigenvalue weighted by atomic mass is 9.97. The summed E-state index contributed by atoms with van der Waals surface area (Å²) in [6.07, 6.45) is 23.3. The summed E-state index contributed by atoms with van der Waals surface area (Å²) in [6.45, 7) is 2.22. The lowest BCUT2D eigenvalue weighted by Gasteiger charge is -2.23. The van der Waals surface area contributed by atoms with E-state index in [0.717, 1.165) is 6.42 Å². The monoisotopic (exact) mass is 263 g/mol. The maximum absolute atomic E-state index is 5.63. The van der Waals surface area contributed by atoms with Gasteiger partial charge in [-0.1, -0.05) is 77.1 Å². The highest BCUT2D eigenvalue weighted by Crippen LogP contribution is 2.17. The van der Waals surface area contributed by atoms with Crippen molar-refractivity contribution in [2.45, 2.75) is 102 Å². The third-order valence-corrected chi connectivity index (χ3v) is 4.32. The van der Waals surface area contributed by atoms with Crippen LogP contribution in [-0.4, -0.2) is 12.1 Å².